The smallest absolute Gasteiger partial charge is 0.258 e. The van der Waals surface area contributed by atoms with Gasteiger partial charge in [-0.05, 0) is 30.0 Å². The average Bonchev–Trinajstić information content (AvgIpc) is 2.50. The van der Waals surface area contributed by atoms with Gasteiger partial charge in [0.2, 0.25) is 0 Å². The Balaban J connectivity index is 2.46. The molecule has 0 aromatic heterocycles. The molecule has 122 valence electrons. The standard InChI is InChI=1S/C17H15F4NO/c1-8(2)10-6-4-5-9(3)16(10)22-17(23)11-7-12(18)14(20)15(21)13(11)19/h4-8H,1-3H3,(H,22,23). The van der Waals surface area contributed by atoms with Crippen molar-refractivity contribution in [1.29, 1.82) is 0 Å². The Kier molecular flexibility index (Phi) is 4.73. The Bertz CT molecular complexity index is 772. The fourth-order valence-electron chi connectivity index (χ4n) is 2.26. The van der Waals surface area contributed by atoms with E-state index < -0.39 is 34.7 Å². The van der Waals surface area contributed by atoms with E-state index in [0.717, 1.165) is 5.56 Å². The maximum Gasteiger partial charge on any atom is 0.258 e. The number of hydrogen-bond donors (Lipinski definition) is 1. The van der Waals surface area contributed by atoms with Crippen LogP contribution in [0, 0.1) is 30.2 Å². The number of carbonyl (C=O) groups excluding carboxylic acids is 1. The van der Waals surface area contributed by atoms with E-state index in [1.165, 1.54) is 0 Å². The molecule has 0 aliphatic heterocycles. The molecule has 2 aromatic carbocycles. The first-order chi connectivity index (χ1) is 10.7. The number of benzene rings is 2. The number of halogens is 4. The second-order valence-electron chi connectivity index (χ2n) is 5.50. The molecule has 2 nitrogen and oxygen atoms in total. The van der Waals surface area contributed by atoms with E-state index >= 15 is 0 Å². The predicted molar refractivity (Wildman–Crippen MR) is 79.5 cm³/mol. The van der Waals surface area contributed by atoms with Crippen LogP contribution in [0.3, 0.4) is 0 Å². The van der Waals surface area contributed by atoms with Gasteiger partial charge in [-0.3, -0.25) is 4.79 Å². The second-order valence-corrected chi connectivity index (χ2v) is 5.50. The molecular weight excluding hydrogens is 310 g/mol. The molecule has 2 rings (SSSR count). The van der Waals surface area contributed by atoms with E-state index in [1.807, 2.05) is 13.8 Å². The summed E-state index contributed by atoms with van der Waals surface area (Å²) < 4.78 is 53.2. The molecule has 2 aromatic rings. The summed E-state index contributed by atoms with van der Waals surface area (Å²) in [4.78, 5) is 12.2. The van der Waals surface area contributed by atoms with E-state index in [2.05, 4.69) is 5.32 Å². The maximum atomic E-state index is 13.7. The fourth-order valence-corrected chi connectivity index (χ4v) is 2.26. The fraction of sp³-hybridized carbons (Fsp3) is 0.235. The average molecular weight is 325 g/mol. The summed E-state index contributed by atoms with van der Waals surface area (Å²) in [7, 11) is 0. The van der Waals surface area contributed by atoms with Gasteiger partial charge in [0.05, 0.1) is 5.56 Å². The zero-order valence-electron chi connectivity index (χ0n) is 12.8. The highest BCUT2D eigenvalue weighted by molar-refractivity contribution is 6.05. The van der Waals surface area contributed by atoms with Crippen LogP contribution in [0.5, 0.6) is 0 Å². The summed E-state index contributed by atoms with van der Waals surface area (Å²) in [6.07, 6.45) is 0. The van der Waals surface area contributed by atoms with Crippen LogP contribution in [0.1, 0.15) is 41.3 Å². The van der Waals surface area contributed by atoms with Gasteiger partial charge in [-0.25, -0.2) is 17.6 Å². The van der Waals surface area contributed by atoms with Crippen molar-refractivity contribution >= 4 is 11.6 Å². The molecule has 1 N–H and O–H groups in total. The van der Waals surface area contributed by atoms with Crippen molar-refractivity contribution in [3.05, 3.63) is 64.2 Å². The third-order valence-corrected chi connectivity index (χ3v) is 3.51. The van der Waals surface area contributed by atoms with Gasteiger partial charge >= 0.3 is 0 Å². The zero-order chi connectivity index (χ0) is 17.3. The van der Waals surface area contributed by atoms with Crippen LogP contribution in [0.15, 0.2) is 24.3 Å². The van der Waals surface area contributed by atoms with Gasteiger partial charge in [0.1, 0.15) is 0 Å². The van der Waals surface area contributed by atoms with Crippen molar-refractivity contribution < 1.29 is 22.4 Å². The Labute approximate surface area is 131 Å². The van der Waals surface area contributed by atoms with Gasteiger partial charge in [-0.15, -0.1) is 0 Å². The molecule has 1 amide bonds. The molecule has 0 fully saturated rings. The largest absolute Gasteiger partial charge is 0.321 e. The monoisotopic (exact) mass is 325 g/mol. The summed E-state index contributed by atoms with van der Waals surface area (Å²) >= 11 is 0. The van der Waals surface area contributed by atoms with Crippen LogP contribution >= 0.6 is 0 Å². The van der Waals surface area contributed by atoms with Crippen LogP contribution in [-0.2, 0) is 0 Å². The number of carbonyl (C=O) groups is 1. The van der Waals surface area contributed by atoms with Crippen molar-refractivity contribution in [2.45, 2.75) is 26.7 Å². The Hall–Kier alpha value is -2.37. The predicted octanol–water partition coefficient (Wildman–Crippen LogP) is 4.93. The molecular formula is C17H15F4NO. The number of anilines is 1. The maximum absolute atomic E-state index is 13.7. The van der Waals surface area contributed by atoms with Crippen molar-refractivity contribution in [2.24, 2.45) is 0 Å². The van der Waals surface area contributed by atoms with E-state index in [4.69, 9.17) is 0 Å². The quantitative estimate of drug-likeness (QED) is 0.484. The van der Waals surface area contributed by atoms with Crippen molar-refractivity contribution in [1.82, 2.24) is 0 Å². The van der Waals surface area contributed by atoms with Crippen LogP contribution in [-0.4, -0.2) is 5.91 Å². The molecule has 0 radical (unpaired) electrons. The number of rotatable bonds is 3. The summed E-state index contributed by atoms with van der Waals surface area (Å²) in [6, 6.07) is 5.67. The topological polar surface area (TPSA) is 29.1 Å². The number of hydrogen-bond acceptors (Lipinski definition) is 1. The first-order valence-corrected chi connectivity index (χ1v) is 6.97. The Morgan fingerprint density at radius 3 is 2.30 bits per heavy atom. The van der Waals surface area contributed by atoms with Crippen LogP contribution in [0.4, 0.5) is 23.2 Å². The van der Waals surface area contributed by atoms with E-state index in [0.29, 0.717) is 17.3 Å². The van der Waals surface area contributed by atoms with Crippen LogP contribution in [0.2, 0.25) is 0 Å². The third-order valence-electron chi connectivity index (χ3n) is 3.51. The molecule has 0 atom stereocenters. The highest BCUT2D eigenvalue weighted by Crippen LogP contribution is 2.28. The number of aryl methyl sites for hydroxylation is 1. The minimum absolute atomic E-state index is 0.0664. The summed E-state index contributed by atoms with van der Waals surface area (Å²) in [5.41, 5.74) is 1.06. The molecule has 0 bridgehead atoms. The van der Waals surface area contributed by atoms with Crippen molar-refractivity contribution in [3.63, 3.8) is 0 Å². The lowest BCUT2D eigenvalue weighted by Gasteiger charge is -2.16. The van der Waals surface area contributed by atoms with E-state index in [1.54, 1.807) is 25.1 Å². The highest BCUT2D eigenvalue weighted by Gasteiger charge is 2.24. The van der Waals surface area contributed by atoms with Gasteiger partial charge in [-0.1, -0.05) is 32.0 Å². The van der Waals surface area contributed by atoms with Gasteiger partial charge < -0.3 is 5.32 Å². The molecule has 0 unspecified atom stereocenters. The molecule has 0 heterocycles. The van der Waals surface area contributed by atoms with Gasteiger partial charge in [-0.2, -0.15) is 0 Å². The number of amides is 1. The van der Waals surface area contributed by atoms with Crippen molar-refractivity contribution in [3.8, 4) is 0 Å². The van der Waals surface area contributed by atoms with Crippen LogP contribution in [0.25, 0.3) is 0 Å². The van der Waals surface area contributed by atoms with E-state index in [-0.39, 0.29) is 5.92 Å². The summed E-state index contributed by atoms with van der Waals surface area (Å²) in [5.74, 6) is -8.28. The zero-order valence-corrected chi connectivity index (χ0v) is 12.8. The highest BCUT2D eigenvalue weighted by atomic mass is 19.2. The van der Waals surface area contributed by atoms with Crippen molar-refractivity contribution in [2.75, 3.05) is 5.32 Å². The summed E-state index contributed by atoms with van der Waals surface area (Å²) in [6.45, 7) is 5.55. The SMILES string of the molecule is Cc1cccc(C(C)C)c1NC(=O)c1cc(F)c(F)c(F)c1F. The molecule has 23 heavy (non-hydrogen) atoms. The van der Waals surface area contributed by atoms with E-state index in [9.17, 15) is 22.4 Å². The summed E-state index contributed by atoms with van der Waals surface area (Å²) in [5, 5.41) is 2.46. The molecule has 6 heteroatoms. The Morgan fingerprint density at radius 2 is 1.70 bits per heavy atom. The number of nitrogens with one attached hydrogen (secondary N) is 1. The minimum atomic E-state index is -2.01. The van der Waals surface area contributed by atoms with Gasteiger partial charge in [0, 0.05) is 5.69 Å². The molecule has 0 saturated heterocycles. The first kappa shape index (κ1) is 17.0. The van der Waals surface area contributed by atoms with Crippen LogP contribution < -0.4 is 5.32 Å². The lowest BCUT2D eigenvalue weighted by molar-refractivity contribution is 0.102. The molecule has 0 spiro atoms. The number of para-hydroxylation sites is 1. The molecule has 0 saturated carbocycles. The van der Waals surface area contributed by atoms with Gasteiger partial charge in [0.25, 0.3) is 5.91 Å². The lowest BCUT2D eigenvalue weighted by Crippen LogP contribution is -2.18. The minimum Gasteiger partial charge on any atom is -0.321 e. The normalized spacial score (nSPS) is 11.0. The molecule has 0 aliphatic rings. The Morgan fingerprint density at radius 1 is 1.04 bits per heavy atom. The first-order valence-electron chi connectivity index (χ1n) is 6.97. The lowest BCUT2D eigenvalue weighted by atomic mass is 9.98. The third kappa shape index (κ3) is 3.21. The molecule has 0 aliphatic carbocycles. The van der Waals surface area contributed by atoms with Gasteiger partial charge in [0.15, 0.2) is 23.3 Å². The second kappa shape index (κ2) is 6.40.